The van der Waals surface area contributed by atoms with Gasteiger partial charge in [-0.3, -0.25) is 0 Å². The zero-order valence-electron chi connectivity index (χ0n) is 6.38. The monoisotopic (exact) mass is 148 g/mol. The second-order valence-corrected chi connectivity index (χ2v) is 2.85. The van der Waals surface area contributed by atoms with Crippen molar-refractivity contribution in [3.8, 4) is 0 Å². The molecule has 11 heavy (non-hydrogen) atoms. The number of nitrogens with one attached hydrogen (secondary N) is 2. The molecule has 2 rings (SSSR count). The molecule has 0 amide bonds. The molecule has 2 nitrogen and oxygen atoms in total. The zero-order chi connectivity index (χ0) is 7.52. The van der Waals surface area contributed by atoms with Crippen LogP contribution in [0.3, 0.4) is 0 Å². The van der Waals surface area contributed by atoms with E-state index in [1.807, 2.05) is 18.2 Å². The molecule has 0 radical (unpaired) electrons. The van der Waals surface area contributed by atoms with Gasteiger partial charge in [-0.05, 0) is 12.1 Å². The van der Waals surface area contributed by atoms with E-state index in [0.29, 0.717) is 6.04 Å². The van der Waals surface area contributed by atoms with Crippen molar-refractivity contribution in [3.63, 3.8) is 0 Å². The molecule has 0 aliphatic carbocycles. The molecular formula is C9H12N2. The number of rotatable bonds is 3. The first-order valence-electron chi connectivity index (χ1n) is 3.97. The van der Waals surface area contributed by atoms with Gasteiger partial charge in [0, 0.05) is 24.8 Å². The first-order valence-corrected chi connectivity index (χ1v) is 3.97. The van der Waals surface area contributed by atoms with Gasteiger partial charge < -0.3 is 10.6 Å². The van der Waals surface area contributed by atoms with Crippen LogP contribution >= 0.6 is 0 Å². The summed E-state index contributed by atoms with van der Waals surface area (Å²) < 4.78 is 0. The summed E-state index contributed by atoms with van der Waals surface area (Å²) in [6.07, 6.45) is 0. The van der Waals surface area contributed by atoms with E-state index < -0.39 is 0 Å². The predicted molar refractivity (Wildman–Crippen MR) is 46.7 cm³/mol. The summed E-state index contributed by atoms with van der Waals surface area (Å²) in [5, 5.41) is 6.59. The smallest absolute Gasteiger partial charge is 0.0367 e. The van der Waals surface area contributed by atoms with Gasteiger partial charge in [-0.25, -0.2) is 0 Å². The van der Waals surface area contributed by atoms with E-state index in [-0.39, 0.29) is 0 Å². The molecule has 0 saturated carbocycles. The number of benzene rings is 1. The van der Waals surface area contributed by atoms with E-state index in [0.717, 1.165) is 6.54 Å². The molecular weight excluding hydrogens is 136 g/mol. The topological polar surface area (TPSA) is 34.0 Å². The average Bonchev–Trinajstić information content (AvgIpc) is 2.86. The SMILES string of the molecule is c1ccc(NCC2CN2)cc1. The van der Waals surface area contributed by atoms with Crippen LogP contribution in [0.25, 0.3) is 0 Å². The van der Waals surface area contributed by atoms with Crippen LogP contribution in [0, 0.1) is 0 Å². The Morgan fingerprint density at radius 3 is 2.73 bits per heavy atom. The molecule has 2 N–H and O–H groups in total. The molecule has 1 unspecified atom stereocenters. The van der Waals surface area contributed by atoms with Gasteiger partial charge in [0.2, 0.25) is 0 Å². The molecule has 2 heteroatoms. The Kier molecular flexibility index (Phi) is 1.78. The minimum Gasteiger partial charge on any atom is -0.383 e. The van der Waals surface area contributed by atoms with Crippen molar-refractivity contribution in [1.29, 1.82) is 0 Å². The minimum absolute atomic E-state index is 0.704. The lowest BCUT2D eigenvalue weighted by atomic mass is 10.3. The molecule has 1 fully saturated rings. The summed E-state index contributed by atoms with van der Waals surface area (Å²) in [7, 11) is 0. The van der Waals surface area contributed by atoms with E-state index in [4.69, 9.17) is 0 Å². The Hall–Kier alpha value is -1.02. The van der Waals surface area contributed by atoms with Gasteiger partial charge in [0.15, 0.2) is 0 Å². The quantitative estimate of drug-likeness (QED) is 0.629. The van der Waals surface area contributed by atoms with Crippen LogP contribution in [-0.4, -0.2) is 19.1 Å². The van der Waals surface area contributed by atoms with Gasteiger partial charge in [-0.1, -0.05) is 18.2 Å². The van der Waals surface area contributed by atoms with Gasteiger partial charge in [0.25, 0.3) is 0 Å². The van der Waals surface area contributed by atoms with Gasteiger partial charge in [-0.15, -0.1) is 0 Å². The molecule has 58 valence electrons. The van der Waals surface area contributed by atoms with Crippen LogP contribution in [0.4, 0.5) is 5.69 Å². The molecule has 1 aliphatic heterocycles. The Morgan fingerprint density at radius 2 is 2.09 bits per heavy atom. The third-order valence-corrected chi connectivity index (χ3v) is 1.82. The lowest BCUT2D eigenvalue weighted by molar-refractivity contribution is 0.987. The summed E-state index contributed by atoms with van der Waals surface area (Å²) in [6.45, 7) is 2.21. The molecule has 1 aromatic carbocycles. The van der Waals surface area contributed by atoms with Gasteiger partial charge in [0.05, 0.1) is 0 Å². The Labute approximate surface area is 66.6 Å². The number of hydrogen-bond donors (Lipinski definition) is 2. The first kappa shape index (κ1) is 6.68. The van der Waals surface area contributed by atoms with E-state index in [1.54, 1.807) is 0 Å². The maximum atomic E-state index is 3.34. The summed E-state index contributed by atoms with van der Waals surface area (Å²) in [5.74, 6) is 0. The van der Waals surface area contributed by atoms with Gasteiger partial charge in [-0.2, -0.15) is 0 Å². The number of anilines is 1. The molecule has 1 atom stereocenters. The van der Waals surface area contributed by atoms with E-state index in [1.165, 1.54) is 12.2 Å². The van der Waals surface area contributed by atoms with Crippen molar-refractivity contribution >= 4 is 5.69 Å². The fourth-order valence-corrected chi connectivity index (χ4v) is 1.02. The van der Waals surface area contributed by atoms with Crippen molar-refractivity contribution in [3.05, 3.63) is 30.3 Å². The second kappa shape index (κ2) is 2.93. The van der Waals surface area contributed by atoms with Crippen LogP contribution in [0.5, 0.6) is 0 Å². The molecule has 1 aliphatic rings. The normalized spacial score (nSPS) is 21.3. The van der Waals surface area contributed by atoms with Crippen LogP contribution in [0.2, 0.25) is 0 Å². The highest BCUT2D eigenvalue weighted by Gasteiger charge is 2.18. The van der Waals surface area contributed by atoms with Crippen molar-refractivity contribution < 1.29 is 0 Å². The van der Waals surface area contributed by atoms with Gasteiger partial charge >= 0.3 is 0 Å². The highest BCUT2D eigenvalue weighted by atomic mass is 15.1. The third-order valence-electron chi connectivity index (χ3n) is 1.82. The second-order valence-electron chi connectivity index (χ2n) is 2.85. The molecule has 1 aromatic rings. The highest BCUT2D eigenvalue weighted by molar-refractivity contribution is 5.42. The summed E-state index contributed by atoms with van der Waals surface area (Å²) in [4.78, 5) is 0. The predicted octanol–water partition coefficient (Wildman–Crippen LogP) is 1.07. The van der Waals surface area contributed by atoms with E-state index in [2.05, 4.69) is 22.8 Å². The van der Waals surface area contributed by atoms with Crippen molar-refractivity contribution in [2.45, 2.75) is 6.04 Å². The Balaban J connectivity index is 1.85. The average molecular weight is 148 g/mol. The molecule has 1 heterocycles. The van der Waals surface area contributed by atoms with Crippen LogP contribution in [0.15, 0.2) is 30.3 Å². The summed E-state index contributed by atoms with van der Waals surface area (Å²) in [6, 6.07) is 11.0. The first-order chi connectivity index (χ1) is 5.45. The zero-order valence-corrected chi connectivity index (χ0v) is 6.38. The Morgan fingerprint density at radius 1 is 1.36 bits per heavy atom. The fraction of sp³-hybridized carbons (Fsp3) is 0.333. The third kappa shape index (κ3) is 1.95. The number of para-hydroxylation sites is 1. The standard InChI is InChI=1S/C9H12N2/c1-2-4-8(5-3-1)10-6-9-7-11-9/h1-5,9-11H,6-7H2. The summed E-state index contributed by atoms with van der Waals surface area (Å²) >= 11 is 0. The molecule has 0 bridgehead atoms. The minimum atomic E-state index is 0.704. The Bertz CT molecular complexity index is 216. The van der Waals surface area contributed by atoms with Crippen LogP contribution < -0.4 is 10.6 Å². The highest BCUT2D eigenvalue weighted by Crippen LogP contribution is 2.06. The molecule has 1 saturated heterocycles. The lowest BCUT2D eigenvalue weighted by Gasteiger charge is -2.02. The van der Waals surface area contributed by atoms with Crippen molar-refractivity contribution in [2.75, 3.05) is 18.4 Å². The number of hydrogen-bond acceptors (Lipinski definition) is 2. The maximum absolute atomic E-state index is 3.34. The van der Waals surface area contributed by atoms with Crippen molar-refractivity contribution in [1.82, 2.24) is 5.32 Å². The van der Waals surface area contributed by atoms with Crippen LogP contribution in [-0.2, 0) is 0 Å². The summed E-state index contributed by atoms with van der Waals surface area (Å²) in [5.41, 5.74) is 1.21. The van der Waals surface area contributed by atoms with Crippen molar-refractivity contribution in [2.24, 2.45) is 0 Å². The lowest BCUT2D eigenvalue weighted by Crippen LogP contribution is -2.09. The van der Waals surface area contributed by atoms with Gasteiger partial charge in [0.1, 0.15) is 0 Å². The maximum Gasteiger partial charge on any atom is 0.0367 e. The van der Waals surface area contributed by atoms with Crippen LogP contribution in [0.1, 0.15) is 0 Å². The van der Waals surface area contributed by atoms with E-state index >= 15 is 0 Å². The molecule has 0 spiro atoms. The fourth-order valence-electron chi connectivity index (χ4n) is 1.02. The largest absolute Gasteiger partial charge is 0.383 e. The molecule has 0 aromatic heterocycles. The van der Waals surface area contributed by atoms with E-state index in [9.17, 15) is 0 Å².